The molecule has 0 bridgehead atoms. The van der Waals surface area contributed by atoms with Gasteiger partial charge in [0.05, 0.1) is 17.6 Å². The number of nitrogens with two attached hydrogens (primary N) is 1. The first kappa shape index (κ1) is 7.34. The molecule has 0 fully saturated rings. The number of aryl methyl sites for hydroxylation is 1. The lowest BCUT2D eigenvalue weighted by Gasteiger charge is -1.98. The first-order valence-corrected chi connectivity index (χ1v) is 4.09. The second-order valence-electron chi connectivity index (χ2n) is 1.90. The third kappa shape index (κ3) is 1.39. The van der Waals surface area contributed by atoms with E-state index in [1.54, 1.807) is 6.20 Å². The van der Waals surface area contributed by atoms with Crippen LogP contribution in [-0.4, -0.2) is 16.2 Å². The van der Waals surface area contributed by atoms with Crippen LogP contribution in [0.15, 0.2) is 11.4 Å². The maximum atomic E-state index is 5.51. The number of nitrogen functional groups attached to an aromatic ring is 1. The van der Waals surface area contributed by atoms with Crippen LogP contribution in [0.1, 0.15) is 5.69 Å². The summed E-state index contributed by atoms with van der Waals surface area (Å²) in [6.07, 6.45) is 3.57. The van der Waals surface area contributed by atoms with Crippen molar-refractivity contribution in [3.8, 4) is 0 Å². The minimum atomic E-state index is 0.651. The largest absolute Gasteiger partial charge is 0.396 e. The highest BCUT2D eigenvalue weighted by atomic mass is 32.2. The van der Waals surface area contributed by atoms with Gasteiger partial charge >= 0.3 is 0 Å². The molecule has 0 aliphatic rings. The van der Waals surface area contributed by atoms with E-state index in [0.717, 1.165) is 10.9 Å². The minimum Gasteiger partial charge on any atom is -0.396 e. The number of anilines is 1. The van der Waals surface area contributed by atoms with Crippen molar-refractivity contribution < 1.29 is 0 Å². The molecule has 1 aromatic rings. The van der Waals surface area contributed by atoms with Gasteiger partial charge in [0.25, 0.3) is 0 Å². The number of nitrogens with zero attached hydrogens (tertiary/aromatic N) is 2. The van der Waals surface area contributed by atoms with Gasteiger partial charge in [0.15, 0.2) is 5.16 Å². The van der Waals surface area contributed by atoms with Gasteiger partial charge in [0.2, 0.25) is 0 Å². The molecule has 3 nitrogen and oxygen atoms in total. The Kier molecular flexibility index (Phi) is 2.11. The Bertz CT molecular complexity index is 236. The van der Waals surface area contributed by atoms with E-state index in [2.05, 4.69) is 9.97 Å². The highest BCUT2D eigenvalue weighted by Crippen LogP contribution is 2.11. The van der Waals surface area contributed by atoms with E-state index in [1.807, 2.05) is 13.2 Å². The smallest absolute Gasteiger partial charge is 0.187 e. The summed E-state index contributed by atoms with van der Waals surface area (Å²) in [6.45, 7) is 1.87. The molecular formula is C6H9N3S. The first-order valence-electron chi connectivity index (χ1n) is 2.87. The summed E-state index contributed by atoms with van der Waals surface area (Å²) in [7, 11) is 0. The van der Waals surface area contributed by atoms with Gasteiger partial charge in [-0.05, 0) is 13.2 Å². The normalized spacial score (nSPS) is 9.80. The van der Waals surface area contributed by atoms with E-state index in [9.17, 15) is 0 Å². The Morgan fingerprint density at radius 1 is 1.60 bits per heavy atom. The van der Waals surface area contributed by atoms with E-state index >= 15 is 0 Å². The number of thioether (sulfide) groups is 1. The SMILES string of the molecule is CSc1ncc(N)c(C)n1. The predicted octanol–water partition coefficient (Wildman–Crippen LogP) is 1.09. The summed E-state index contributed by atoms with van der Waals surface area (Å²) >= 11 is 1.51. The fraction of sp³-hybridized carbons (Fsp3) is 0.333. The quantitative estimate of drug-likeness (QED) is 0.487. The van der Waals surface area contributed by atoms with Crippen molar-refractivity contribution in [3.63, 3.8) is 0 Å². The van der Waals surface area contributed by atoms with Crippen molar-refractivity contribution in [3.05, 3.63) is 11.9 Å². The van der Waals surface area contributed by atoms with Crippen LogP contribution >= 0.6 is 11.8 Å². The zero-order valence-electron chi connectivity index (χ0n) is 5.96. The number of rotatable bonds is 1. The van der Waals surface area contributed by atoms with Gasteiger partial charge < -0.3 is 5.73 Å². The van der Waals surface area contributed by atoms with Crippen molar-refractivity contribution in [2.75, 3.05) is 12.0 Å². The third-order valence-corrected chi connectivity index (χ3v) is 1.74. The van der Waals surface area contributed by atoms with Gasteiger partial charge in [-0.3, -0.25) is 0 Å². The molecule has 54 valence electrons. The molecule has 0 aromatic carbocycles. The summed E-state index contributed by atoms with van der Waals surface area (Å²) < 4.78 is 0. The van der Waals surface area contributed by atoms with Crippen LogP contribution in [0.3, 0.4) is 0 Å². The average Bonchev–Trinajstić information content (AvgIpc) is 1.95. The Morgan fingerprint density at radius 2 is 2.30 bits per heavy atom. The van der Waals surface area contributed by atoms with Gasteiger partial charge in [0.1, 0.15) is 0 Å². The van der Waals surface area contributed by atoms with Crippen LogP contribution in [0.5, 0.6) is 0 Å². The van der Waals surface area contributed by atoms with Gasteiger partial charge in [-0.15, -0.1) is 0 Å². The number of hydrogen-bond donors (Lipinski definition) is 1. The molecule has 0 spiro atoms. The molecule has 0 saturated carbocycles. The Morgan fingerprint density at radius 3 is 2.80 bits per heavy atom. The molecule has 0 saturated heterocycles. The molecule has 2 N–H and O–H groups in total. The lowest BCUT2D eigenvalue weighted by molar-refractivity contribution is 0.940. The van der Waals surface area contributed by atoms with Gasteiger partial charge in [0, 0.05) is 0 Å². The summed E-state index contributed by atoms with van der Waals surface area (Å²) in [5, 5.41) is 0.770. The standard InChI is InChI=1S/C6H9N3S/c1-4-5(7)3-8-6(9-4)10-2/h3H,7H2,1-2H3. The van der Waals surface area contributed by atoms with E-state index in [0.29, 0.717) is 5.69 Å². The van der Waals surface area contributed by atoms with Crippen LogP contribution in [-0.2, 0) is 0 Å². The topological polar surface area (TPSA) is 51.8 Å². The van der Waals surface area contributed by atoms with Crippen molar-refractivity contribution in [1.82, 2.24) is 9.97 Å². The maximum Gasteiger partial charge on any atom is 0.187 e. The van der Waals surface area contributed by atoms with Crippen molar-refractivity contribution in [1.29, 1.82) is 0 Å². The molecule has 0 radical (unpaired) electrons. The van der Waals surface area contributed by atoms with Crippen LogP contribution < -0.4 is 5.73 Å². The Labute approximate surface area is 64.1 Å². The molecular weight excluding hydrogens is 146 g/mol. The molecule has 0 amide bonds. The average molecular weight is 155 g/mol. The zero-order chi connectivity index (χ0) is 7.56. The van der Waals surface area contributed by atoms with E-state index in [-0.39, 0.29) is 0 Å². The molecule has 10 heavy (non-hydrogen) atoms. The fourth-order valence-electron chi connectivity index (χ4n) is 0.553. The molecule has 1 aromatic heterocycles. The molecule has 4 heteroatoms. The van der Waals surface area contributed by atoms with Crippen LogP contribution in [0.4, 0.5) is 5.69 Å². The van der Waals surface area contributed by atoms with Gasteiger partial charge in [-0.1, -0.05) is 11.8 Å². The first-order chi connectivity index (χ1) is 4.74. The molecule has 0 aliphatic carbocycles. The number of hydrogen-bond acceptors (Lipinski definition) is 4. The van der Waals surface area contributed by atoms with Crippen LogP contribution in [0, 0.1) is 6.92 Å². The van der Waals surface area contributed by atoms with Gasteiger partial charge in [-0.2, -0.15) is 0 Å². The van der Waals surface area contributed by atoms with Crippen LogP contribution in [0.25, 0.3) is 0 Å². The highest BCUT2D eigenvalue weighted by molar-refractivity contribution is 7.98. The van der Waals surface area contributed by atoms with Crippen molar-refractivity contribution in [2.45, 2.75) is 12.1 Å². The third-order valence-electron chi connectivity index (χ3n) is 1.18. The second kappa shape index (κ2) is 2.88. The molecule has 0 aliphatic heterocycles. The summed E-state index contributed by atoms with van der Waals surface area (Å²) in [6, 6.07) is 0. The molecule has 1 rings (SSSR count). The lowest BCUT2D eigenvalue weighted by Crippen LogP contribution is -1.95. The maximum absolute atomic E-state index is 5.51. The molecule has 0 atom stereocenters. The fourth-order valence-corrected chi connectivity index (χ4v) is 0.940. The van der Waals surface area contributed by atoms with E-state index in [1.165, 1.54) is 11.8 Å². The lowest BCUT2D eigenvalue weighted by atomic mass is 10.4. The number of aromatic nitrogens is 2. The van der Waals surface area contributed by atoms with Gasteiger partial charge in [-0.25, -0.2) is 9.97 Å². The summed E-state index contributed by atoms with van der Waals surface area (Å²) in [5.41, 5.74) is 7.01. The molecule has 0 unspecified atom stereocenters. The summed E-state index contributed by atoms with van der Waals surface area (Å²) in [5.74, 6) is 0. The second-order valence-corrected chi connectivity index (χ2v) is 2.67. The monoisotopic (exact) mass is 155 g/mol. The minimum absolute atomic E-state index is 0.651. The van der Waals surface area contributed by atoms with E-state index in [4.69, 9.17) is 5.73 Å². The van der Waals surface area contributed by atoms with Crippen LogP contribution in [0.2, 0.25) is 0 Å². The Balaban J connectivity index is 3.04. The van der Waals surface area contributed by atoms with Crippen molar-refractivity contribution >= 4 is 17.4 Å². The highest BCUT2D eigenvalue weighted by Gasteiger charge is 1.96. The predicted molar refractivity (Wildman–Crippen MR) is 43.0 cm³/mol. The van der Waals surface area contributed by atoms with E-state index < -0.39 is 0 Å². The van der Waals surface area contributed by atoms with Crippen molar-refractivity contribution in [2.24, 2.45) is 0 Å². The summed E-state index contributed by atoms with van der Waals surface area (Å²) in [4.78, 5) is 8.10. The molecule has 1 heterocycles. The Hall–Kier alpha value is -0.770. The zero-order valence-corrected chi connectivity index (χ0v) is 6.77.